The quantitative estimate of drug-likeness (QED) is 0.808. The smallest absolute Gasteiger partial charge is 0.0638 e. The third-order valence-corrected chi connectivity index (χ3v) is 3.49. The number of hydrogen-bond acceptors (Lipinski definition) is 4. The average Bonchev–Trinajstić information content (AvgIpc) is 2.54. The molecular weight excluding hydrogens is 224 g/mol. The molecule has 18 heavy (non-hydrogen) atoms. The zero-order valence-corrected chi connectivity index (χ0v) is 10.9. The predicted octanol–water partition coefficient (Wildman–Crippen LogP) is 1.50. The van der Waals surface area contributed by atoms with Gasteiger partial charge in [-0.25, -0.2) is 0 Å². The highest BCUT2D eigenvalue weighted by atomic mass is 15.2. The van der Waals surface area contributed by atoms with Gasteiger partial charge in [-0.3, -0.25) is 9.88 Å². The van der Waals surface area contributed by atoms with Crippen LogP contribution in [0.5, 0.6) is 0 Å². The molecule has 1 fully saturated rings. The van der Waals surface area contributed by atoms with E-state index in [9.17, 15) is 0 Å². The third kappa shape index (κ3) is 3.52. The molecule has 0 spiro atoms. The topological polar surface area (TPSA) is 43.2 Å². The Hall–Kier alpha value is -1.44. The van der Waals surface area contributed by atoms with Crippen molar-refractivity contribution in [2.24, 2.45) is 0 Å². The molecule has 0 radical (unpaired) electrons. The summed E-state index contributed by atoms with van der Waals surface area (Å²) in [5.41, 5.74) is 1.28. The fourth-order valence-corrected chi connectivity index (χ4v) is 2.52. The maximum Gasteiger partial charge on any atom is 0.0638 e. The zero-order chi connectivity index (χ0) is 12.8. The van der Waals surface area contributed by atoms with Gasteiger partial charge in [0.15, 0.2) is 0 Å². The molecule has 1 aromatic rings. The number of likely N-dealkylation sites (N-methyl/N-ethyl adjacent to an activating group) is 1. The summed E-state index contributed by atoms with van der Waals surface area (Å²) >= 11 is 0. The summed E-state index contributed by atoms with van der Waals surface area (Å²) in [5, 5.41) is 8.98. The van der Waals surface area contributed by atoms with E-state index in [4.69, 9.17) is 5.26 Å². The van der Waals surface area contributed by atoms with E-state index in [0.29, 0.717) is 12.5 Å². The number of nitrogens with zero attached hydrogens (tertiary/aromatic N) is 4. The van der Waals surface area contributed by atoms with Crippen LogP contribution in [0.15, 0.2) is 24.5 Å². The fourth-order valence-electron chi connectivity index (χ4n) is 2.52. The zero-order valence-electron chi connectivity index (χ0n) is 10.9. The molecule has 96 valence electrons. The van der Waals surface area contributed by atoms with E-state index in [1.54, 1.807) is 0 Å². The van der Waals surface area contributed by atoms with Gasteiger partial charge in [-0.2, -0.15) is 5.26 Å². The van der Waals surface area contributed by atoms with Gasteiger partial charge in [-0.1, -0.05) is 0 Å². The minimum atomic E-state index is 0.343. The predicted molar refractivity (Wildman–Crippen MR) is 70.8 cm³/mol. The van der Waals surface area contributed by atoms with E-state index in [-0.39, 0.29) is 0 Å². The molecule has 0 saturated carbocycles. The molecule has 1 aromatic heterocycles. The summed E-state index contributed by atoms with van der Waals surface area (Å²) in [6, 6.07) is 6.77. The third-order valence-electron chi connectivity index (χ3n) is 3.49. The van der Waals surface area contributed by atoms with Crippen LogP contribution >= 0.6 is 0 Å². The Labute approximate surface area is 109 Å². The van der Waals surface area contributed by atoms with E-state index in [2.05, 4.69) is 40.0 Å². The number of rotatable bonds is 3. The minimum Gasteiger partial charge on any atom is -0.305 e. The van der Waals surface area contributed by atoms with Crippen LogP contribution in [0.25, 0.3) is 0 Å². The summed E-state index contributed by atoms with van der Waals surface area (Å²) in [4.78, 5) is 8.81. The van der Waals surface area contributed by atoms with Crippen LogP contribution < -0.4 is 0 Å². The average molecular weight is 244 g/mol. The van der Waals surface area contributed by atoms with Crippen molar-refractivity contribution >= 4 is 0 Å². The molecule has 0 aliphatic carbocycles. The number of hydrogen-bond donors (Lipinski definition) is 0. The molecule has 2 heterocycles. The lowest BCUT2D eigenvalue weighted by molar-refractivity contribution is 0.183. The van der Waals surface area contributed by atoms with Crippen LogP contribution in [0.4, 0.5) is 0 Å². The SMILES string of the molecule is CN1CCCN(Cc2ccncc2)C(CC#N)C1. The van der Waals surface area contributed by atoms with Crippen molar-refractivity contribution in [3.05, 3.63) is 30.1 Å². The lowest BCUT2D eigenvalue weighted by Gasteiger charge is -2.29. The summed E-state index contributed by atoms with van der Waals surface area (Å²) in [7, 11) is 2.14. The first kappa shape index (κ1) is 13.0. The van der Waals surface area contributed by atoms with E-state index in [1.165, 1.54) is 12.0 Å². The molecule has 1 atom stereocenters. The maximum atomic E-state index is 8.98. The second-order valence-electron chi connectivity index (χ2n) is 4.96. The van der Waals surface area contributed by atoms with Gasteiger partial charge in [0.25, 0.3) is 0 Å². The van der Waals surface area contributed by atoms with Crippen molar-refractivity contribution in [2.45, 2.75) is 25.4 Å². The molecular formula is C14H20N4. The second-order valence-corrected chi connectivity index (χ2v) is 4.96. The molecule has 0 bridgehead atoms. The first-order valence-corrected chi connectivity index (χ1v) is 6.48. The summed E-state index contributed by atoms with van der Waals surface area (Å²) < 4.78 is 0. The van der Waals surface area contributed by atoms with Crippen LogP contribution in [-0.4, -0.2) is 47.5 Å². The van der Waals surface area contributed by atoms with Crippen LogP contribution in [0, 0.1) is 11.3 Å². The molecule has 0 N–H and O–H groups in total. The normalized spacial score (nSPS) is 22.3. The molecule has 1 aliphatic heterocycles. The van der Waals surface area contributed by atoms with Crippen LogP contribution in [0.2, 0.25) is 0 Å². The number of aromatic nitrogens is 1. The Balaban J connectivity index is 2.05. The van der Waals surface area contributed by atoms with Crippen LogP contribution in [0.3, 0.4) is 0 Å². The minimum absolute atomic E-state index is 0.343. The lowest BCUT2D eigenvalue weighted by atomic mass is 10.1. The van der Waals surface area contributed by atoms with Crippen LogP contribution in [-0.2, 0) is 6.54 Å². The van der Waals surface area contributed by atoms with Crippen molar-refractivity contribution in [1.29, 1.82) is 5.26 Å². The van der Waals surface area contributed by atoms with Gasteiger partial charge in [-0.05, 0) is 37.7 Å². The van der Waals surface area contributed by atoms with Gasteiger partial charge in [0.05, 0.1) is 12.5 Å². The van der Waals surface area contributed by atoms with Crippen molar-refractivity contribution < 1.29 is 0 Å². The van der Waals surface area contributed by atoms with E-state index in [0.717, 1.165) is 26.2 Å². The Morgan fingerprint density at radius 1 is 1.39 bits per heavy atom. The standard InChI is InChI=1S/C14H20N4/c1-17-9-2-10-18(14(12-17)3-6-15)11-13-4-7-16-8-5-13/h4-5,7-8,14H,2-3,9-12H2,1H3. The fraction of sp³-hybridized carbons (Fsp3) is 0.571. The Morgan fingerprint density at radius 3 is 2.89 bits per heavy atom. The van der Waals surface area contributed by atoms with Gasteiger partial charge in [0.2, 0.25) is 0 Å². The first-order valence-electron chi connectivity index (χ1n) is 6.48. The Kier molecular flexibility index (Phi) is 4.68. The van der Waals surface area contributed by atoms with Crippen molar-refractivity contribution in [3.8, 4) is 6.07 Å². The highest BCUT2D eigenvalue weighted by Gasteiger charge is 2.23. The molecule has 1 saturated heterocycles. The second kappa shape index (κ2) is 6.48. The van der Waals surface area contributed by atoms with Crippen molar-refractivity contribution in [1.82, 2.24) is 14.8 Å². The van der Waals surface area contributed by atoms with Crippen molar-refractivity contribution in [2.75, 3.05) is 26.7 Å². The van der Waals surface area contributed by atoms with Gasteiger partial charge < -0.3 is 4.90 Å². The molecule has 4 nitrogen and oxygen atoms in total. The molecule has 1 aliphatic rings. The molecule has 2 rings (SSSR count). The summed E-state index contributed by atoms with van der Waals surface area (Å²) in [5.74, 6) is 0. The molecule has 1 unspecified atom stereocenters. The number of nitriles is 1. The largest absolute Gasteiger partial charge is 0.305 e. The van der Waals surface area contributed by atoms with Gasteiger partial charge in [-0.15, -0.1) is 0 Å². The van der Waals surface area contributed by atoms with E-state index < -0.39 is 0 Å². The van der Waals surface area contributed by atoms with Gasteiger partial charge >= 0.3 is 0 Å². The van der Waals surface area contributed by atoms with Gasteiger partial charge in [0, 0.05) is 38.1 Å². The highest BCUT2D eigenvalue weighted by molar-refractivity contribution is 5.10. The molecule has 0 amide bonds. The molecule has 4 heteroatoms. The summed E-state index contributed by atoms with van der Waals surface area (Å²) in [6.45, 7) is 4.09. The van der Waals surface area contributed by atoms with E-state index in [1.807, 2.05) is 12.4 Å². The molecule has 0 aromatic carbocycles. The van der Waals surface area contributed by atoms with E-state index >= 15 is 0 Å². The Morgan fingerprint density at radius 2 is 2.17 bits per heavy atom. The first-order chi connectivity index (χ1) is 8.79. The van der Waals surface area contributed by atoms with Crippen LogP contribution in [0.1, 0.15) is 18.4 Å². The van der Waals surface area contributed by atoms with Gasteiger partial charge in [0.1, 0.15) is 0 Å². The monoisotopic (exact) mass is 244 g/mol. The van der Waals surface area contributed by atoms with Crippen molar-refractivity contribution in [3.63, 3.8) is 0 Å². The lowest BCUT2D eigenvalue weighted by Crippen LogP contribution is -2.39. The summed E-state index contributed by atoms with van der Waals surface area (Å²) in [6.07, 6.45) is 5.44. The highest BCUT2D eigenvalue weighted by Crippen LogP contribution is 2.15. The maximum absolute atomic E-state index is 8.98. The number of pyridine rings is 1. The Bertz CT molecular complexity index is 398.